The summed E-state index contributed by atoms with van der Waals surface area (Å²) >= 11 is 0. The first-order valence-electron chi connectivity index (χ1n) is 15.2. The zero-order valence-corrected chi connectivity index (χ0v) is 24.0. The maximum atomic E-state index is 13.3. The number of hydrazine groups is 1. The number of ether oxygens (including phenoxy) is 1. The molecule has 3 fully saturated rings. The van der Waals surface area contributed by atoms with E-state index in [0.717, 1.165) is 68.9 Å². The Labute approximate surface area is 238 Å². The van der Waals surface area contributed by atoms with Gasteiger partial charge in [-0.05, 0) is 63.8 Å². The molecule has 216 valence electrons. The van der Waals surface area contributed by atoms with Gasteiger partial charge in [-0.2, -0.15) is 0 Å². The summed E-state index contributed by atoms with van der Waals surface area (Å²) in [6, 6.07) is 9.72. The van der Waals surface area contributed by atoms with E-state index in [9.17, 15) is 9.59 Å². The SMILES string of the molecule is CCOC(=O)C1C(C)N(c2cccc(NC(=O)C3CCN(c4ncccn4)CC3)c2)NC12CCCCCCCC2. The van der Waals surface area contributed by atoms with Crippen LogP contribution >= 0.6 is 0 Å². The lowest BCUT2D eigenvalue weighted by Gasteiger charge is -2.34. The van der Waals surface area contributed by atoms with Gasteiger partial charge in [0.05, 0.1) is 29.8 Å². The molecule has 0 bridgehead atoms. The summed E-state index contributed by atoms with van der Waals surface area (Å²) in [6.45, 7) is 5.90. The fourth-order valence-electron chi connectivity index (χ4n) is 6.89. The van der Waals surface area contributed by atoms with E-state index in [2.05, 4.69) is 37.5 Å². The van der Waals surface area contributed by atoms with Gasteiger partial charge in [-0.1, -0.05) is 44.6 Å². The van der Waals surface area contributed by atoms with Crippen molar-refractivity contribution in [2.75, 3.05) is 34.9 Å². The van der Waals surface area contributed by atoms with Crippen molar-refractivity contribution < 1.29 is 14.3 Å². The van der Waals surface area contributed by atoms with Crippen molar-refractivity contribution in [1.29, 1.82) is 0 Å². The first-order chi connectivity index (χ1) is 19.5. The van der Waals surface area contributed by atoms with Gasteiger partial charge >= 0.3 is 5.97 Å². The fourth-order valence-corrected chi connectivity index (χ4v) is 6.89. The second-order valence-electron chi connectivity index (χ2n) is 11.6. The van der Waals surface area contributed by atoms with Crippen molar-refractivity contribution in [3.63, 3.8) is 0 Å². The second-order valence-corrected chi connectivity index (χ2v) is 11.6. The summed E-state index contributed by atoms with van der Waals surface area (Å²) in [5.41, 5.74) is 5.23. The van der Waals surface area contributed by atoms with Gasteiger partial charge in [0.1, 0.15) is 0 Å². The van der Waals surface area contributed by atoms with Crippen LogP contribution in [0.2, 0.25) is 0 Å². The van der Waals surface area contributed by atoms with Gasteiger partial charge < -0.3 is 20.0 Å². The molecular weight excluding hydrogens is 504 g/mol. The number of piperidine rings is 1. The Balaban J connectivity index is 1.28. The predicted octanol–water partition coefficient (Wildman–Crippen LogP) is 5.10. The lowest BCUT2D eigenvalue weighted by atomic mass is 9.75. The van der Waals surface area contributed by atoms with Crippen molar-refractivity contribution in [2.45, 2.75) is 89.6 Å². The number of carbonyl (C=O) groups is 2. The van der Waals surface area contributed by atoms with Gasteiger partial charge in [-0.25, -0.2) is 15.4 Å². The van der Waals surface area contributed by atoms with E-state index in [-0.39, 0.29) is 35.3 Å². The maximum Gasteiger partial charge on any atom is 0.313 e. The van der Waals surface area contributed by atoms with Crippen molar-refractivity contribution >= 4 is 29.2 Å². The first-order valence-corrected chi connectivity index (χ1v) is 15.2. The van der Waals surface area contributed by atoms with Crippen molar-refractivity contribution in [3.8, 4) is 0 Å². The molecule has 1 aromatic heterocycles. The lowest BCUT2D eigenvalue weighted by molar-refractivity contribution is -0.150. The highest BCUT2D eigenvalue weighted by Crippen LogP contribution is 2.43. The Morgan fingerprint density at radius 2 is 1.70 bits per heavy atom. The number of nitrogens with one attached hydrogen (secondary N) is 2. The molecule has 5 rings (SSSR count). The Kier molecular flexibility index (Phi) is 9.19. The number of nitrogens with zero attached hydrogens (tertiary/aromatic N) is 4. The van der Waals surface area contributed by atoms with Crippen molar-refractivity contribution in [1.82, 2.24) is 15.4 Å². The molecule has 3 aliphatic rings. The number of rotatable bonds is 6. The van der Waals surface area contributed by atoms with E-state index in [1.165, 1.54) is 25.7 Å². The highest BCUT2D eigenvalue weighted by Gasteiger charge is 2.54. The molecule has 3 heterocycles. The Morgan fingerprint density at radius 1 is 1.02 bits per heavy atom. The number of amides is 1. The summed E-state index contributed by atoms with van der Waals surface area (Å²) in [4.78, 5) is 37.4. The van der Waals surface area contributed by atoms with E-state index < -0.39 is 0 Å². The topological polar surface area (TPSA) is 99.7 Å². The largest absolute Gasteiger partial charge is 0.466 e. The van der Waals surface area contributed by atoms with Gasteiger partial charge in [0.25, 0.3) is 0 Å². The summed E-state index contributed by atoms with van der Waals surface area (Å²) in [7, 11) is 0. The maximum absolute atomic E-state index is 13.3. The van der Waals surface area contributed by atoms with Gasteiger partial charge in [0.15, 0.2) is 0 Å². The van der Waals surface area contributed by atoms with Crippen molar-refractivity contribution in [3.05, 3.63) is 42.7 Å². The number of hydrogen-bond acceptors (Lipinski definition) is 8. The Morgan fingerprint density at radius 3 is 2.38 bits per heavy atom. The van der Waals surface area contributed by atoms with Crippen LogP contribution in [0, 0.1) is 11.8 Å². The first kappa shape index (κ1) is 28.3. The quantitative estimate of drug-likeness (QED) is 0.481. The van der Waals surface area contributed by atoms with Crippen LogP contribution in [-0.4, -0.2) is 53.1 Å². The van der Waals surface area contributed by atoms with Crippen LogP contribution in [0.4, 0.5) is 17.3 Å². The summed E-state index contributed by atoms with van der Waals surface area (Å²) < 4.78 is 5.62. The average Bonchev–Trinajstić information content (AvgIpc) is 3.32. The van der Waals surface area contributed by atoms with Crippen LogP contribution in [0.5, 0.6) is 0 Å². The summed E-state index contributed by atoms with van der Waals surface area (Å²) in [5.74, 6) is 0.358. The predicted molar refractivity (Wildman–Crippen MR) is 157 cm³/mol. The van der Waals surface area contributed by atoms with Crippen LogP contribution in [0.25, 0.3) is 0 Å². The van der Waals surface area contributed by atoms with Crippen LogP contribution < -0.4 is 20.7 Å². The average molecular weight is 549 g/mol. The van der Waals surface area contributed by atoms with Crippen LogP contribution in [-0.2, 0) is 14.3 Å². The van der Waals surface area contributed by atoms with Gasteiger partial charge in [-0.3, -0.25) is 9.59 Å². The fraction of sp³-hybridized carbons (Fsp3) is 0.613. The summed E-state index contributed by atoms with van der Waals surface area (Å²) in [5, 5.41) is 5.31. The van der Waals surface area contributed by atoms with Crippen LogP contribution in [0.15, 0.2) is 42.7 Å². The minimum atomic E-state index is -0.314. The molecule has 9 nitrogen and oxygen atoms in total. The molecule has 40 heavy (non-hydrogen) atoms. The molecule has 9 heteroatoms. The monoisotopic (exact) mass is 548 g/mol. The molecule has 0 radical (unpaired) electrons. The number of aromatic nitrogens is 2. The molecule has 2 N–H and O–H groups in total. The Bertz CT molecular complexity index is 1130. The molecule has 1 amide bonds. The number of benzene rings is 1. The molecule has 2 saturated heterocycles. The van der Waals surface area contributed by atoms with Crippen LogP contribution in [0.1, 0.15) is 78.1 Å². The summed E-state index contributed by atoms with van der Waals surface area (Å²) in [6.07, 6.45) is 14.1. The molecule has 2 aliphatic heterocycles. The third kappa shape index (κ3) is 6.24. The zero-order chi connectivity index (χ0) is 28.0. The Hall–Kier alpha value is -3.20. The molecule has 1 saturated carbocycles. The second kappa shape index (κ2) is 13.0. The molecule has 2 aromatic rings. The van der Waals surface area contributed by atoms with E-state index in [4.69, 9.17) is 4.74 Å². The zero-order valence-electron chi connectivity index (χ0n) is 24.0. The third-order valence-corrected chi connectivity index (χ3v) is 8.96. The van der Waals surface area contributed by atoms with Gasteiger partial charge in [-0.15, -0.1) is 0 Å². The van der Waals surface area contributed by atoms with Crippen molar-refractivity contribution in [2.24, 2.45) is 11.8 Å². The molecular formula is C31H44N6O3. The molecule has 1 aliphatic carbocycles. The van der Waals surface area contributed by atoms with Gasteiger partial charge in [0, 0.05) is 37.1 Å². The molecule has 1 spiro atoms. The van der Waals surface area contributed by atoms with Crippen LogP contribution in [0.3, 0.4) is 0 Å². The number of carbonyl (C=O) groups excluding carboxylic acids is 2. The smallest absolute Gasteiger partial charge is 0.313 e. The van der Waals surface area contributed by atoms with Gasteiger partial charge in [0.2, 0.25) is 11.9 Å². The minimum Gasteiger partial charge on any atom is -0.466 e. The minimum absolute atomic E-state index is 0.0466. The molecule has 1 aromatic carbocycles. The normalized spacial score (nSPS) is 23.8. The van der Waals surface area contributed by atoms with E-state index in [1.54, 1.807) is 12.4 Å². The molecule has 2 unspecified atom stereocenters. The number of esters is 1. The highest BCUT2D eigenvalue weighted by molar-refractivity contribution is 5.93. The van der Waals surface area contributed by atoms with E-state index in [1.807, 2.05) is 37.3 Å². The highest BCUT2D eigenvalue weighted by atomic mass is 16.5. The lowest BCUT2D eigenvalue weighted by Crippen LogP contribution is -2.50. The number of anilines is 3. The number of hydrogen-bond donors (Lipinski definition) is 2. The van der Waals surface area contributed by atoms with E-state index in [0.29, 0.717) is 6.61 Å². The standard InChI is InChI=1S/C31H44N6O3/c1-3-40-29(39)27-23(2)37(35-31(27)16-8-6-4-5-7-9-17-31)26-13-10-12-25(22-26)34-28(38)24-14-20-36(21-15-24)30-32-18-11-19-33-30/h10-13,18-19,22-24,27,35H,3-9,14-17,20-21H2,1-2H3,(H,34,38). The van der Waals surface area contributed by atoms with E-state index >= 15 is 0 Å². The third-order valence-electron chi connectivity index (χ3n) is 8.96. The molecule has 2 atom stereocenters.